The number of hydrogen-bond donors (Lipinski definition) is 2. The maximum atomic E-state index is 12.6. The number of hydrogen-bond acceptors (Lipinski definition) is 6. The van der Waals surface area contributed by atoms with Gasteiger partial charge in [0, 0.05) is 23.3 Å². The Morgan fingerprint density at radius 3 is 2.34 bits per heavy atom. The Labute approximate surface area is 168 Å². The van der Waals surface area contributed by atoms with Crippen LogP contribution in [0, 0.1) is 6.92 Å². The van der Waals surface area contributed by atoms with Gasteiger partial charge >= 0.3 is 0 Å². The summed E-state index contributed by atoms with van der Waals surface area (Å²) in [5.74, 6) is 0.780. The fourth-order valence-electron chi connectivity index (χ4n) is 2.77. The topological polar surface area (TPSA) is 97.8 Å². The summed E-state index contributed by atoms with van der Waals surface area (Å²) >= 11 is 0. The van der Waals surface area contributed by atoms with Gasteiger partial charge in [-0.3, -0.25) is 9.89 Å². The smallest absolute Gasteiger partial charge is 0.275 e. The minimum absolute atomic E-state index is 0.272. The Bertz CT molecular complexity index is 1030. The van der Waals surface area contributed by atoms with Gasteiger partial charge in [-0.2, -0.15) is 10.2 Å². The molecule has 0 aliphatic heterocycles. The first-order valence-electron chi connectivity index (χ1n) is 8.81. The zero-order valence-electron chi connectivity index (χ0n) is 16.6. The highest BCUT2D eigenvalue weighted by Crippen LogP contribution is 2.34. The summed E-state index contributed by atoms with van der Waals surface area (Å²) in [5, 5.41) is 11.1. The monoisotopic (exact) mass is 394 g/mol. The lowest BCUT2D eigenvalue weighted by Gasteiger charge is -2.13. The normalized spacial score (nSPS) is 10.8. The average Bonchev–Trinajstić information content (AvgIpc) is 3.21. The molecule has 0 bridgehead atoms. The highest BCUT2D eigenvalue weighted by atomic mass is 16.5. The van der Waals surface area contributed by atoms with E-state index < -0.39 is 5.91 Å². The van der Waals surface area contributed by atoms with E-state index in [-0.39, 0.29) is 5.56 Å². The van der Waals surface area contributed by atoms with Crippen LogP contribution >= 0.6 is 0 Å². The largest absolute Gasteiger partial charge is 0.496 e. The molecule has 2 aromatic carbocycles. The van der Waals surface area contributed by atoms with Crippen LogP contribution in [-0.4, -0.2) is 43.6 Å². The van der Waals surface area contributed by atoms with Crippen molar-refractivity contribution in [2.75, 3.05) is 21.3 Å². The zero-order valence-corrected chi connectivity index (χ0v) is 16.6. The van der Waals surface area contributed by atoms with Crippen LogP contribution in [0.1, 0.15) is 21.5 Å². The van der Waals surface area contributed by atoms with E-state index in [0.29, 0.717) is 17.2 Å². The van der Waals surface area contributed by atoms with Gasteiger partial charge < -0.3 is 14.2 Å². The second-order valence-electron chi connectivity index (χ2n) is 6.17. The first-order chi connectivity index (χ1) is 14.1. The molecule has 0 saturated heterocycles. The number of nitrogens with zero attached hydrogens (tertiary/aromatic N) is 2. The van der Waals surface area contributed by atoms with Gasteiger partial charge in [0.2, 0.25) is 0 Å². The molecule has 2 N–H and O–H groups in total. The van der Waals surface area contributed by atoms with Crippen molar-refractivity contribution >= 4 is 12.1 Å². The summed E-state index contributed by atoms with van der Waals surface area (Å²) in [6.07, 6.45) is 3.17. The molecule has 3 aromatic rings. The van der Waals surface area contributed by atoms with Gasteiger partial charge in [0.1, 0.15) is 5.75 Å². The van der Waals surface area contributed by atoms with Gasteiger partial charge in [0.25, 0.3) is 5.91 Å². The molecule has 0 aliphatic rings. The minimum atomic E-state index is -0.445. The molecule has 1 aromatic heterocycles. The first-order valence-corrected chi connectivity index (χ1v) is 8.81. The lowest BCUT2D eigenvalue weighted by Crippen LogP contribution is -2.18. The van der Waals surface area contributed by atoms with Crippen molar-refractivity contribution in [1.29, 1.82) is 0 Å². The summed E-state index contributed by atoms with van der Waals surface area (Å²) in [7, 11) is 4.48. The van der Waals surface area contributed by atoms with E-state index >= 15 is 0 Å². The molecular formula is C21H22N4O4. The van der Waals surface area contributed by atoms with Crippen molar-refractivity contribution in [2.45, 2.75) is 6.92 Å². The number of H-pyrrole nitrogens is 1. The third-order valence-corrected chi connectivity index (χ3v) is 4.33. The van der Waals surface area contributed by atoms with Gasteiger partial charge in [-0.15, -0.1) is 0 Å². The Hall–Kier alpha value is -3.81. The fraction of sp³-hybridized carbons (Fsp3) is 0.190. The number of carbonyl (C=O) groups excluding carboxylic acids is 1. The number of aromatic amines is 1. The molecule has 0 radical (unpaired) electrons. The molecule has 8 nitrogen and oxygen atoms in total. The predicted molar refractivity (Wildman–Crippen MR) is 110 cm³/mol. The molecule has 0 atom stereocenters. The molecule has 1 heterocycles. The quantitative estimate of drug-likeness (QED) is 0.474. The molecule has 0 spiro atoms. The molecule has 1 amide bonds. The molecular weight excluding hydrogens is 372 g/mol. The third-order valence-electron chi connectivity index (χ3n) is 4.33. The number of carbonyl (C=O) groups is 1. The van der Waals surface area contributed by atoms with Crippen molar-refractivity contribution in [1.82, 2.24) is 15.6 Å². The number of aromatic nitrogens is 2. The van der Waals surface area contributed by atoms with Crippen LogP contribution in [0.3, 0.4) is 0 Å². The second-order valence-corrected chi connectivity index (χ2v) is 6.17. The number of aryl methyl sites for hydroxylation is 1. The average molecular weight is 394 g/mol. The highest BCUT2D eigenvalue weighted by Gasteiger charge is 2.17. The second kappa shape index (κ2) is 8.92. The number of rotatable bonds is 7. The van der Waals surface area contributed by atoms with Gasteiger partial charge in [-0.25, -0.2) is 5.43 Å². The molecule has 0 saturated carbocycles. The third kappa shape index (κ3) is 4.37. The fourth-order valence-corrected chi connectivity index (χ4v) is 2.77. The molecule has 3 rings (SSSR count). The standard InChI is InChI=1S/C21H22N4O4/c1-13-5-7-14(8-6-13)20-15(11-22-24-20)12-23-25-21(26)16-9-18(28-3)19(29-4)10-17(16)27-2/h5-12H,1-4H3,(H,22,24)(H,25,26)/b23-12+. The van der Waals surface area contributed by atoms with Crippen molar-refractivity contribution in [3.8, 4) is 28.5 Å². The number of hydrazone groups is 1. The number of amides is 1. The van der Waals surface area contributed by atoms with Crippen LogP contribution in [0.2, 0.25) is 0 Å². The minimum Gasteiger partial charge on any atom is -0.496 e. The predicted octanol–water partition coefficient (Wildman–Crippen LogP) is 3.17. The van der Waals surface area contributed by atoms with Crippen LogP contribution < -0.4 is 19.6 Å². The number of methoxy groups -OCH3 is 3. The molecule has 0 fully saturated rings. The molecule has 0 unspecified atom stereocenters. The van der Waals surface area contributed by atoms with E-state index in [0.717, 1.165) is 16.8 Å². The van der Waals surface area contributed by atoms with Crippen molar-refractivity contribution in [3.63, 3.8) is 0 Å². The summed E-state index contributed by atoms with van der Waals surface area (Å²) in [5.41, 5.74) is 6.47. The zero-order chi connectivity index (χ0) is 20.8. The number of nitrogens with one attached hydrogen (secondary N) is 2. The first kappa shape index (κ1) is 19.9. The van der Waals surface area contributed by atoms with E-state index in [2.05, 4.69) is 20.7 Å². The van der Waals surface area contributed by atoms with Crippen LogP contribution in [0.4, 0.5) is 0 Å². The number of ether oxygens (including phenoxy) is 3. The summed E-state index contributed by atoms with van der Waals surface area (Å²) in [4.78, 5) is 12.6. The number of benzene rings is 2. The van der Waals surface area contributed by atoms with Gasteiger partial charge in [-0.1, -0.05) is 29.8 Å². The van der Waals surface area contributed by atoms with Gasteiger partial charge in [0.05, 0.1) is 45.0 Å². The van der Waals surface area contributed by atoms with Crippen molar-refractivity contribution < 1.29 is 19.0 Å². The van der Waals surface area contributed by atoms with Crippen LogP contribution in [0.15, 0.2) is 47.7 Å². The van der Waals surface area contributed by atoms with Crippen LogP contribution in [0.5, 0.6) is 17.2 Å². The Balaban J connectivity index is 1.79. The van der Waals surface area contributed by atoms with Gasteiger partial charge in [-0.05, 0) is 6.92 Å². The van der Waals surface area contributed by atoms with E-state index in [9.17, 15) is 4.79 Å². The Kier molecular flexibility index (Phi) is 6.13. The van der Waals surface area contributed by atoms with Crippen molar-refractivity contribution in [3.05, 3.63) is 59.3 Å². The molecule has 150 valence electrons. The van der Waals surface area contributed by atoms with E-state index in [4.69, 9.17) is 14.2 Å². The Morgan fingerprint density at radius 2 is 1.69 bits per heavy atom. The maximum Gasteiger partial charge on any atom is 0.275 e. The molecule has 8 heteroatoms. The lowest BCUT2D eigenvalue weighted by molar-refractivity contribution is 0.0951. The van der Waals surface area contributed by atoms with E-state index in [1.807, 2.05) is 31.2 Å². The van der Waals surface area contributed by atoms with E-state index in [1.54, 1.807) is 12.3 Å². The summed E-state index contributed by atoms with van der Waals surface area (Å²) in [6.45, 7) is 2.02. The maximum absolute atomic E-state index is 12.6. The lowest BCUT2D eigenvalue weighted by atomic mass is 10.1. The van der Waals surface area contributed by atoms with E-state index in [1.165, 1.54) is 39.2 Å². The van der Waals surface area contributed by atoms with Crippen molar-refractivity contribution in [2.24, 2.45) is 5.10 Å². The molecule has 0 aliphatic carbocycles. The summed E-state index contributed by atoms with van der Waals surface area (Å²) in [6, 6.07) is 11.1. The highest BCUT2D eigenvalue weighted by molar-refractivity contribution is 5.98. The Morgan fingerprint density at radius 1 is 1.03 bits per heavy atom. The summed E-state index contributed by atoms with van der Waals surface area (Å²) < 4.78 is 15.8. The molecule has 29 heavy (non-hydrogen) atoms. The van der Waals surface area contributed by atoms with Crippen LogP contribution in [-0.2, 0) is 0 Å². The van der Waals surface area contributed by atoms with Gasteiger partial charge in [0.15, 0.2) is 11.5 Å². The van der Waals surface area contributed by atoms with Crippen LogP contribution in [0.25, 0.3) is 11.3 Å². The SMILES string of the molecule is COc1cc(OC)c(C(=O)N/N=C/c2cn[nH]c2-c2ccc(C)cc2)cc1OC.